The summed E-state index contributed by atoms with van der Waals surface area (Å²) in [7, 11) is 0. The summed E-state index contributed by atoms with van der Waals surface area (Å²) >= 11 is 0. The molecule has 0 fully saturated rings. The van der Waals surface area contributed by atoms with E-state index >= 15 is 0 Å². The number of carboxylic acids is 1. The van der Waals surface area contributed by atoms with Crippen molar-refractivity contribution in [1.82, 2.24) is 14.3 Å². The second kappa shape index (κ2) is 7.58. The predicted octanol–water partition coefficient (Wildman–Crippen LogP) is 3.25. The zero-order chi connectivity index (χ0) is 21.3. The van der Waals surface area contributed by atoms with E-state index in [0.29, 0.717) is 18.0 Å². The smallest absolute Gasteiger partial charge is 0.350 e. The van der Waals surface area contributed by atoms with Crippen LogP contribution in [0.15, 0.2) is 47.5 Å². The molecular weight excluding hydrogens is 370 g/mol. The van der Waals surface area contributed by atoms with Crippen LogP contribution in [0.4, 0.5) is 0 Å². The number of hydrogen-bond acceptors (Lipinski definition) is 4. The summed E-state index contributed by atoms with van der Waals surface area (Å²) in [6.07, 6.45) is 1.52. The second-order valence-corrected chi connectivity index (χ2v) is 7.77. The van der Waals surface area contributed by atoms with E-state index in [0.717, 1.165) is 22.3 Å². The highest BCUT2D eigenvalue weighted by Gasteiger charge is 2.30. The fourth-order valence-electron chi connectivity index (χ4n) is 3.09. The zero-order valence-electron chi connectivity index (χ0n) is 17.3. The third-order valence-corrected chi connectivity index (χ3v) is 4.76. The number of aromatic nitrogens is 3. The maximum absolute atomic E-state index is 12.7. The number of carbonyl (C=O) groups is 1. The van der Waals surface area contributed by atoms with Gasteiger partial charge in [-0.3, -0.25) is 4.57 Å². The number of benzene rings is 2. The van der Waals surface area contributed by atoms with Crippen LogP contribution in [-0.4, -0.2) is 31.0 Å². The first kappa shape index (κ1) is 20.4. The molecule has 29 heavy (non-hydrogen) atoms. The first-order valence-electron chi connectivity index (χ1n) is 9.32. The molecule has 2 aromatic carbocycles. The van der Waals surface area contributed by atoms with Gasteiger partial charge in [0, 0.05) is 0 Å². The highest BCUT2D eigenvalue weighted by Crippen LogP contribution is 2.29. The van der Waals surface area contributed by atoms with Gasteiger partial charge in [0.15, 0.2) is 5.60 Å². The van der Waals surface area contributed by atoms with Gasteiger partial charge in [0.1, 0.15) is 12.1 Å². The minimum absolute atomic E-state index is 0.225. The Bertz CT molecular complexity index is 1080. The Morgan fingerprint density at radius 3 is 2.24 bits per heavy atom. The number of carboxylic acid groups (broad SMARTS) is 1. The summed E-state index contributed by atoms with van der Waals surface area (Å²) in [5.74, 6) is -0.487. The van der Waals surface area contributed by atoms with E-state index in [1.54, 1.807) is 0 Å². The minimum Gasteiger partial charge on any atom is -0.478 e. The fraction of sp³-hybridized carbons (Fsp3) is 0.318. The molecule has 1 heterocycles. The SMILES string of the molecule is Cc1ccc(-n2ncn(Cc3cc(C)c(OC(C)(C)C(=O)O)c(C)c3)c2=O)cc1. The van der Waals surface area contributed by atoms with E-state index < -0.39 is 11.6 Å². The summed E-state index contributed by atoms with van der Waals surface area (Å²) in [5.41, 5.74) is 2.81. The molecule has 0 bridgehead atoms. The van der Waals surface area contributed by atoms with Gasteiger partial charge in [-0.15, -0.1) is 0 Å². The Morgan fingerprint density at radius 1 is 1.10 bits per heavy atom. The molecule has 0 aliphatic heterocycles. The van der Waals surface area contributed by atoms with Crippen LogP contribution >= 0.6 is 0 Å². The van der Waals surface area contributed by atoms with Crippen molar-refractivity contribution in [1.29, 1.82) is 0 Å². The summed E-state index contributed by atoms with van der Waals surface area (Å²) in [4.78, 5) is 24.1. The molecule has 0 aliphatic carbocycles. The lowest BCUT2D eigenvalue weighted by Crippen LogP contribution is -2.38. The van der Waals surface area contributed by atoms with Gasteiger partial charge in [0.05, 0.1) is 12.2 Å². The predicted molar refractivity (Wildman–Crippen MR) is 110 cm³/mol. The zero-order valence-corrected chi connectivity index (χ0v) is 17.3. The molecule has 1 N–H and O–H groups in total. The summed E-state index contributed by atoms with van der Waals surface area (Å²) in [6.45, 7) is 9.10. The molecule has 7 nitrogen and oxygen atoms in total. The number of ether oxygens (including phenoxy) is 1. The van der Waals surface area contributed by atoms with E-state index in [4.69, 9.17) is 4.74 Å². The van der Waals surface area contributed by atoms with Gasteiger partial charge in [0.2, 0.25) is 0 Å². The van der Waals surface area contributed by atoms with Crippen molar-refractivity contribution in [2.24, 2.45) is 0 Å². The number of hydrogen-bond donors (Lipinski definition) is 1. The van der Waals surface area contributed by atoms with Crippen molar-refractivity contribution in [3.05, 3.63) is 75.5 Å². The van der Waals surface area contributed by atoms with E-state index in [-0.39, 0.29) is 5.69 Å². The normalized spacial score (nSPS) is 11.5. The van der Waals surface area contributed by atoms with Crippen molar-refractivity contribution >= 4 is 5.97 Å². The first-order valence-corrected chi connectivity index (χ1v) is 9.32. The summed E-state index contributed by atoms with van der Waals surface area (Å²) in [5, 5.41) is 13.5. The first-order chi connectivity index (χ1) is 13.6. The molecule has 0 atom stereocenters. The van der Waals surface area contributed by atoms with Crippen LogP contribution in [0.5, 0.6) is 5.75 Å². The third kappa shape index (κ3) is 4.23. The molecular formula is C22H25N3O4. The van der Waals surface area contributed by atoms with Gasteiger partial charge < -0.3 is 9.84 Å². The topological polar surface area (TPSA) is 86.3 Å². The van der Waals surface area contributed by atoms with Gasteiger partial charge in [-0.05, 0) is 63.4 Å². The molecule has 7 heteroatoms. The number of nitrogens with zero attached hydrogens (tertiary/aromatic N) is 3. The van der Waals surface area contributed by atoms with Crippen LogP contribution in [-0.2, 0) is 11.3 Å². The molecule has 0 saturated carbocycles. The van der Waals surface area contributed by atoms with Crippen LogP contribution in [0.3, 0.4) is 0 Å². The van der Waals surface area contributed by atoms with Gasteiger partial charge in [-0.25, -0.2) is 9.59 Å². The fourth-order valence-corrected chi connectivity index (χ4v) is 3.09. The van der Waals surface area contributed by atoms with Gasteiger partial charge in [-0.1, -0.05) is 29.8 Å². The molecule has 0 spiro atoms. The number of rotatable bonds is 6. The molecule has 0 aliphatic rings. The molecule has 1 aromatic heterocycles. The summed E-state index contributed by atoms with van der Waals surface area (Å²) < 4.78 is 8.65. The maximum Gasteiger partial charge on any atom is 0.350 e. The average Bonchev–Trinajstić information content (AvgIpc) is 2.99. The lowest BCUT2D eigenvalue weighted by Gasteiger charge is -2.24. The molecule has 0 radical (unpaired) electrons. The van der Waals surface area contributed by atoms with Gasteiger partial charge in [0.25, 0.3) is 0 Å². The van der Waals surface area contributed by atoms with E-state index in [1.165, 1.54) is 29.4 Å². The Hall–Kier alpha value is -3.35. The van der Waals surface area contributed by atoms with Crippen molar-refractivity contribution in [3.63, 3.8) is 0 Å². The number of aliphatic carboxylic acids is 1. The lowest BCUT2D eigenvalue weighted by atomic mass is 10.0. The lowest BCUT2D eigenvalue weighted by molar-refractivity contribution is -0.152. The van der Waals surface area contributed by atoms with Crippen molar-refractivity contribution in [2.75, 3.05) is 0 Å². The van der Waals surface area contributed by atoms with E-state index in [9.17, 15) is 14.7 Å². The maximum atomic E-state index is 12.7. The Morgan fingerprint density at radius 2 is 1.69 bits per heavy atom. The Labute approximate surface area is 169 Å². The molecule has 3 aromatic rings. The highest BCUT2D eigenvalue weighted by molar-refractivity contribution is 5.77. The van der Waals surface area contributed by atoms with E-state index in [2.05, 4.69) is 5.10 Å². The average molecular weight is 395 g/mol. The molecule has 0 saturated heterocycles. The van der Waals surface area contributed by atoms with Gasteiger partial charge >= 0.3 is 11.7 Å². The Balaban J connectivity index is 1.87. The van der Waals surface area contributed by atoms with Crippen LogP contribution in [0.2, 0.25) is 0 Å². The van der Waals surface area contributed by atoms with Crippen LogP contribution in [0, 0.1) is 20.8 Å². The molecule has 152 valence electrons. The van der Waals surface area contributed by atoms with Gasteiger partial charge in [-0.2, -0.15) is 9.78 Å². The van der Waals surface area contributed by atoms with Crippen molar-refractivity contribution in [3.8, 4) is 11.4 Å². The van der Waals surface area contributed by atoms with Crippen molar-refractivity contribution < 1.29 is 14.6 Å². The van der Waals surface area contributed by atoms with Crippen LogP contribution < -0.4 is 10.4 Å². The second-order valence-electron chi connectivity index (χ2n) is 7.77. The summed E-state index contributed by atoms with van der Waals surface area (Å²) in [6, 6.07) is 11.4. The Kier molecular flexibility index (Phi) is 5.33. The van der Waals surface area contributed by atoms with Crippen LogP contribution in [0.25, 0.3) is 5.69 Å². The van der Waals surface area contributed by atoms with E-state index in [1.807, 2.05) is 57.2 Å². The quantitative estimate of drug-likeness (QED) is 0.692. The van der Waals surface area contributed by atoms with Crippen molar-refractivity contribution in [2.45, 2.75) is 46.8 Å². The monoisotopic (exact) mass is 395 g/mol. The molecule has 3 rings (SSSR count). The largest absolute Gasteiger partial charge is 0.478 e. The van der Waals surface area contributed by atoms with Crippen LogP contribution in [0.1, 0.15) is 36.1 Å². The standard InChI is InChI=1S/C22H25N3O4/c1-14-6-8-18(9-7-14)25-21(28)24(13-23-25)12-17-10-15(2)19(16(3)11-17)29-22(4,5)20(26)27/h6-11,13H,12H2,1-5H3,(H,26,27). The minimum atomic E-state index is -1.33. The third-order valence-electron chi connectivity index (χ3n) is 4.76. The highest BCUT2D eigenvalue weighted by atomic mass is 16.5. The molecule has 0 unspecified atom stereocenters. The number of aryl methyl sites for hydroxylation is 3. The molecule has 0 amide bonds.